The van der Waals surface area contributed by atoms with Gasteiger partial charge in [0.2, 0.25) is 0 Å². The molecule has 7 heteroatoms. The van der Waals surface area contributed by atoms with E-state index < -0.39 is 17.7 Å². The molecule has 0 unspecified atom stereocenters. The van der Waals surface area contributed by atoms with E-state index in [1.54, 1.807) is 25.1 Å². The lowest BCUT2D eigenvalue weighted by Crippen LogP contribution is -2.48. The molecule has 0 radical (unpaired) electrons. The molecule has 0 aliphatic heterocycles. The van der Waals surface area contributed by atoms with Gasteiger partial charge in [-0.15, -0.1) is 0 Å². The van der Waals surface area contributed by atoms with Gasteiger partial charge in [-0.05, 0) is 37.6 Å². The Balaban J connectivity index is 1.84. The van der Waals surface area contributed by atoms with Crippen molar-refractivity contribution >= 4 is 17.7 Å². The molecule has 120 valence electrons. The maximum atomic E-state index is 12.0. The Morgan fingerprint density at radius 2 is 1.83 bits per heavy atom. The molecular weight excluding hydrogens is 298 g/mol. The second kappa shape index (κ2) is 7.26. The van der Waals surface area contributed by atoms with Crippen LogP contribution in [-0.4, -0.2) is 17.7 Å². The molecular formula is C16H17N3O4. The molecule has 0 atom stereocenters. The molecule has 1 aromatic heterocycles. The van der Waals surface area contributed by atoms with Crippen molar-refractivity contribution in [3.63, 3.8) is 0 Å². The van der Waals surface area contributed by atoms with Crippen molar-refractivity contribution in [1.82, 2.24) is 16.2 Å². The molecule has 1 aromatic carbocycles. The van der Waals surface area contributed by atoms with E-state index in [0.29, 0.717) is 11.3 Å². The molecule has 0 saturated carbocycles. The van der Waals surface area contributed by atoms with E-state index in [-0.39, 0.29) is 6.54 Å². The van der Waals surface area contributed by atoms with Crippen LogP contribution in [-0.2, 0) is 16.1 Å². The SMILES string of the molecule is Cc1ccc(C)c(C(=O)NNC(=O)C(=O)NCc2ccco2)c1. The minimum Gasteiger partial charge on any atom is -0.467 e. The first-order valence-corrected chi connectivity index (χ1v) is 6.95. The lowest BCUT2D eigenvalue weighted by Gasteiger charge is -2.09. The van der Waals surface area contributed by atoms with Gasteiger partial charge in [0.1, 0.15) is 5.76 Å². The van der Waals surface area contributed by atoms with E-state index in [9.17, 15) is 14.4 Å². The summed E-state index contributed by atoms with van der Waals surface area (Å²) in [7, 11) is 0. The monoisotopic (exact) mass is 315 g/mol. The van der Waals surface area contributed by atoms with E-state index in [4.69, 9.17) is 4.42 Å². The van der Waals surface area contributed by atoms with Gasteiger partial charge in [0.25, 0.3) is 5.91 Å². The molecule has 3 amide bonds. The van der Waals surface area contributed by atoms with Crippen LogP contribution in [0, 0.1) is 13.8 Å². The Kier molecular flexibility index (Phi) is 5.14. The molecule has 0 bridgehead atoms. The van der Waals surface area contributed by atoms with Gasteiger partial charge in [0, 0.05) is 5.56 Å². The van der Waals surface area contributed by atoms with Gasteiger partial charge in [-0.3, -0.25) is 25.2 Å². The van der Waals surface area contributed by atoms with Crippen molar-refractivity contribution in [2.45, 2.75) is 20.4 Å². The van der Waals surface area contributed by atoms with Crippen molar-refractivity contribution in [3.8, 4) is 0 Å². The quantitative estimate of drug-likeness (QED) is 0.580. The van der Waals surface area contributed by atoms with Gasteiger partial charge in [0.15, 0.2) is 0 Å². The normalized spacial score (nSPS) is 10.0. The van der Waals surface area contributed by atoms with Crippen molar-refractivity contribution in [2.24, 2.45) is 0 Å². The number of nitrogens with one attached hydrogen (secondary N) is 3. The van der Waals surface area contributed by atoms with Gasteiger partial charge in [0.05, 0.1) is 12.8 Å². The number of hydrazine groups is 1. The molecule has 1 heterocycles. The third kappa shape index (κ3) is 4.44. The summed E-state index contributed by atoms with van der Waals surface area (Å²) in [6.07, 6.45) is 1.46. The van der Waals surface area contributed by atoms with Crippen LogP contribution in [0.25, 0.3) is 0 Å². The first kappa shape index (κ1) is 16.3. The third-order valence-electron chi connectivity index (χ3n) is 3.14. The average Bonchev–Trinajstić information content (AvgIpc) is 3.05. The van der Waals surface area contributed by atoms with Gasteiger partial charge in [-0.2, -0.15) is 0 Å². The van der Waals surface area contributed by atoms with E-state index in [1.807, 2.05) is 19.1 Å². The highest BCUT2D eigenvalue weighted by Gasteiger charge is 2.15. The number of carbonyl (C=O) groups is 3. The minimum atomic E-state index is -0.963. The van der Waals surface area contributed by atoms with Gasteiger partial charge in [-0.25, -0.2) is 0 Å². The Hall–Kier alpha value is -3.09. The minimum absolute atomic E-state index is 0.0875. The Morgan fingerprint density at radius 3 is 2.52 bits per heavy atom. The smallest absolute Gasteiger partial charge is 0.327 e. The molecule has 0 aliphatic rings. The molecule has 3 N–H and O–H groups in total. The van der Waals surface area contributed by atoms with E-state index >= 15 is 0 Å². The predicted octanol–water partition coefficient (Wildman–Crippen LogP) is 0.974. The highest BCUT2D eigenvalue weighted by molar-refractivity contribution is 6.35. The zero-order valence-corrected chi connectivity index (χ0v) is 12.8. The maximum Gasteiger partial charge on any atom is 0.327 e. The summed E-state index contributed by atoms with van der Waals surface area (Å²) < 4.78 is 5.03. The standard InChI is InChI=1S/C16H17N3O4/c1-10-5-6-11(2)13(8-10)14(20)18-19-16(22)15(21)17-9-12-4-3-7-23-12/h3-8H,9H2,1-2H3,(H,17,21)(H,18,20)(H,19,22). The number of furan rings is 1. The van der Waals surface area contributed by atoms with Crippen LogP contribution in [0.15, 0.2) is 41.0 Å². The first-order valence-electron chi connectivity index (χ1n) is 6.95. The molecule has 7 nitrogen and oxygen atoms in total. The predicted molar refractivity (Wildman–Crippen MR) is 82.1 cm³/mol. The van der Waals surface area contributed by atoms with Crippen molar-refractivity contribution in [2.75, 3.05) is 0 Å². The summed E-state index contributed by atoms with van der Waals surface area (Å²) in [4.78, 5) is 35.2. The number of aryl methyl sites for hydroxylation is 2. The molecule has 2 aromatic rings. The number of benzene rings is 1. The highest BCUT2D eigenvalue weighted by Crippen LogP contribution is 2.09. The summed E-state index contributed by atoms with van der Waals surface area (Å²) in [5, 5.41) is 2.37. The fourth-order valence-electron chi connectivity index (χ4n) is 1.88. The third-order valence-corrected chi connectivity index (χ3v) is 3.14. The maximum absolute atomic E-state index is 12.0. The number of amides is 3. The van der Waals surface area contributed by atoms with Gasteiger partial charge < -0.3 is 9.73 Å². The largest absolute Gasteiger partial charge is 0.467 e. The Morgan fingerprint density at radius 1 is 1.04 bits per heavy atom. The summed E-state index contributed by atoms with van der Waals surface area (Å²) in [5.41, 5.74) is 6.41. The van der Waals surface area contributed by atoms with E-state index in [0.717, 1.165) is 11.1 Å². The first-order chi connectivity index (χ1) is 11.0. The second-order valence-corrected chi connectivity index (χ2v) is 4.99. The number of hydrogen-bond acceptors (Lipinski definition) is 4. The Labute approximate surface area is 133 Å². The number of hydrogen-bond donors (Lipinski definition) is 3. The summed E-state index contributed by atoms with van der Waals surface area (Å²) >= 11 is 0. The van der Waals surface area contributed by atoms with Crippen LogP contribution >= 0.6 is 0 Å². The molecule has 0 spiro atoms. The zero-order valence-electron chi connectivity index (χ0n) is 12.8. The lowest BCUT2D eigenvalue weighted by molar-refractivity contribution is -0.139. The van der Waals surface area contributed by atoms with E-state index in [1.165, 1.54) is 6.26 Å². The average molecular weight is 315 g/mol. The van der Waals surface area contributed by atoms with Crippen LogP contribution in [0.2, 0.25) is 0 Å². The molecule has 0 saturated heterocycles. The zero-order chi connectivity index (χ0) is 16.8. The molecule has 0 aliphatic carbocycles. The second-order valence-electron chi connectivity index (χ2n) is 4.99. The number of carbonyl (C=O) groups excluding carboxylic acids is 3. The topological polar surface area (TPSA) is 100 Å². The van der Waals surface area contributed by atoms with Crippen LogP contribution in [0.3, 0.4) is 0 Å². The van der Waals surface area contributed by atoms with Gasteiger partial charge in [-0.1, -0.05) is 17.7 Å². The van der Waals surface area contributed by atoms with Crippen molar-refractivity contribution in [1.29, 1.82) is 0 Å². The number of rotatable bonds is 3. The van der Waals surface area contributed by atoms with E-state index in [2.05, 4.69) is 16.2 Å². The van der Waals surface area contributed by atoms with Crippen molar-refractivity contribution < 1.29 is 18.8 Å². The molecule has 0 fully saturated rings. The van der Waals surface area contributed by atoms with Crippen LogP contribution in [0.1, 0.15) is 27.2 Å². The van der Waals surface area contributed by atoms with Gasteiger partial charge >= 0.3 is 11.8 Å². The Bertz CT molecular complexity index is 723. The summed E-state index contributed by atoms with van der Waals surface area (Å²) in [6.45, 7) is 3.73. The van der Waals surface area contributed by atoms with Crippen LogP contribution < -0.4 is 16.2 Å². The fraction of sp³-hybridized carbons (Fsp3) is 0.188. The molecule has 23 heavy (non-hydrogen) atoms. The van der Waals surface area contributed by atoms with Crippen LogP contribution in [0.4, 0.5) is 0 Å². The summed E-state index contributed by atoms with van der Waals surface area (Å²) in [6, 6.07) is 8.73. The van der Waals surface area contributed by atoms with Crippen LogP contribution in [0.5, 0.6) is 0 Å². The molecule has 2 rings (SSSR count). The highest BCUT2D eigenvalue weighted by atomic mass is 16.3. The fourth-order valence-corrected chi connectivity index (χ4v) is 1.88. The van der Waals surface area contributed by atoms with Crippen molar-refractivity contribution in [3.05, 3.63) is 59.0 Å². The summed E-state index contributed by atoms with van der Waals surface area (Å²) in [5.74, 6) is -1.80. The lowest BCUT2D eigenvalue weighted by atomic mass is 10.1.